The fourth-order valence-corrected chi connectivity index (χ4v) is 3.59. The van der Waals surface area contributed by atoms with Crippen LogP contribution in [0.4, 0.5) is 23.4 Å². The topological polar surface area (TPSA) is 154 Å². The van der Waals surface area contributed by atoms with Crippen molar-refractivity contribution in [2.45, 2.75) is 32.0 Å². The number of aliphatic hydroxyl groups excluding tert-OH is 1. The van der Waals surface area contributed by atoms with Crippen molar-refractivity contribution >= 4 is 29.0 Å². The van der Waals surface area contributed by atoms with Crippen molar-refractivity contribution in [3.63, 3.8) is 0 Å². The zero-order valence-electron chi connectivity index (χ0n) is 19.8. The molecule has 2 aromatic heterocycles. The summed E-state index contributed by atoms with van der Waals surface area (Å²) < 4.78 is 53.2. The maximum absolute atomic E-state index is 13.2. The van der Waals surface area contributed by atoms with Crippen LogP contribution >= 0.6 is 11.6 Å². The Morgan fingerprint density at radius 3 is 2.55 bits per heavy atom. The van der Waals surface area contributed by atoms with E-state index in [9.17, 15) is 32.7 Å². The second-order valence-corrected chi connectivity index (χ2v) is 8.55. The molecule has 0 aliphatic rings. The number of nitrogens with one attached hydrogen (secondary N) is 2. The molecule has 0 fully saturated rings. The number of rotatable bonds is 7. The van der Waals surface area contributed by atoms with Crippen molar-refractivity contribution in [1.29, 1.82) is 10.7 Å². The van der Waals surface area contributed by atoms with Crippen molar-refractivity contribution < 1.29 is 27.5 Å². The number of pyridine rings is 1. The average molecular weight is 550 g/mol. The number of anilines is 1. The van der Waals surface area contributed by atoms with Gasteiger partial charge < -0.3 is 16.2 Å². The second kappa shape index (κ2) is 10.9. The predicted octanol–water partition coefficient (Wildman–Crippen LogP) is 5.00. The van der Waals surface area contributed by atoms with Gasteiger partial charge in [0.2, 0.25) is 5.91 Å². The lowest BCUT2D eigenvalue weighted by molar-refractivity contribution is -0.164. The molecular weight excluding hydrogens is 530 g/mol. The number of hydrogen-bond acceptors (Lipinski definition) is 7. The van der Waals surface area contributed by atoms with Crippen LogP contribution in [-0.2, 0) is 4.79 Å². The lowest BCUT2D eigenvalue weighted by Gasteiger charge is -2.17. The highest BCUT2D eigenvalue weighted by molar-refractivity contribution is 6.34. The first-order valence-electron chi connectivity index (χ1n) is 10.8. The lowest BCUT2D eigenvalue weighted by Crippen LogP contribution is -2.28. The van der Waals surface area contributed by atoms with Crippen LogP contribution in [0.2, 0.25) is 5.02 Å². The third-order valence-corrected chi connectivity index (χ3v) is 5.89. The number of aliphatic hydroxyl groups is 1. The van der Waals surface area contributed by atoms with Crippen LogP contribution in [0, 0.1) is 22.6 Å². The zero-order valence-corrected chi connectivity index (χ0v) is 20.6. The minimum atomic E-state index is -4.64. The average Bonchev–Trinajstić information content (AvgIpc) is 3.18. The number of halogens is 5. The van der Waals surface area contributed by atoms with Gasteiger partial charge >= 0.3 is 6.18 Å². The van der Waals surface area contributed by atoms with Crippen LogP contribution < -0.4 is 11.1 Å². The quantitative estimate of drug-likeness (QED) is 0.185. The maximum Gasteiger partial charge on any atom is 0.410 e. The van der Waals surface area contributed by atoms with Gasteiger partial charge in [0.05, 0.1) is 22.3 Å². The number of carbonyl (C=O) groups excluding carboxylic acids is 1. The van der Waals surface area contributed by atoms with Gasteiger partial charge in [-0.1, -0.05) is 17.7 Å². The van der Waals surface area contributed by atoms with E-state index in [0.29, 0.717) is 10.2 Å². The smallest absolute Gasteiger partial charge is 0.410 e. The lowest BCUT2D eigenvalue weighted by atomic mass is 10.0. The molecule has 198 valence electrons. The van der Waals surface area contributed by atoms with Crippen LogP contribution in [0.5, 0.6) is 0 Å². The van der Waals surface area contributed by atoms with Crippen molar-refractivity contribution in [1.82, 2.24) is 20.1 Å². The van der Waals surface area contributed by atoms with Gasteiger partial charge in [0.25, 0.3) is 0 Å². The first-order valence-corrected chi connectivity index (χ1v) is 11.2. The standard InChI is InChI=1S/C24H20ClF4N7O2/c1-11(23(38)34-20(37)8-18(31)15-5-4-14(26)7-17(15)25)13-3-6-19(33-10-13)21-16(9-30)22(32)36(35-21)12(2)24(27,28)29/h3-8,10-12,31,37H,32H2,1-2H3,(H,34,38)/b20-8-,31-18?. The summed E-state index contributed by atoms with van der Waals surface area (Å²) in [6.07, 6.45) is -2.45. The number of aromatic nitrogens is 3. The Hall–Kier alpha value is -4.44. The van der Waals surface area contributed by atoms with Gasteiger partial charge in [-0.25, -0.2) is 9.07 Å². The molecule has 5 N–H and O–H groups in total. The highest BCUT2D eigenvalue weighted by Gasteiger charge is 2.40. The summed E-state index contributed by atoms with van der Waals surface area (Å²) in [6, 6.07) is 5.83. The van der Waals surface area contributed by atoms with Crippen molar-refractivity contribution in [3.05, 3.63) is 76.0 Å². The SMILES string of the molecule is CC(C(=O)N/C(O)=C/C(=N)c1ccc(F)cc1Cl)c1ccc(-c2nn(C(C)C(F)(F)F)c(N)c2C#N)nc1. The number of alkyl halides is 3. The van der Waals surface area contributed by atoms with Crippen molar-refractivity contribution in [2.24, 2.45) is 0 Å². The first-order chi connectivity index (χ1) is 17.7. The van der Waals surface area contributed by atoms with Crippen LogP contribution in [0.25, 0.3) is 11.4 Å². The minimum Gasteiger partial charge on any atom is -0.494 e. The Balaban J connectivity index is 1.77. The number of nitriles is 1. The highest BCUT2D eigenvalue weighted by Crippen LogP contribution is 2.35. The van der Waals surface area contributed by atoms with E-state index in [1.807, 2.05) is 0 Å². The molecule has 2 unspecified atom stereocenters. The van der Waals surface area contributed by atoms with Crippen LogP contribution in [-0.4, -0.2) is 37.7 Å². The number of amides is 1. The molecule has 0 spiro atoms. The summed E-state index contributed by atoms with van der Waals surface area (Å²) in [6.45, 7) is 2.35. The molecular formula is C24H20ClF4N7O2. The molecule has 2 heterocycles. The number of benzene rings is 1. The number of hydrogen-bond donors (Lipinski definition) is 4. The molecule has 14 heteroatoms. The molecule has 0 saturated carbocycles. The highest BCUT2D eigenvalue weighted by atomic mass is 35.5. The van der Waals surface area contributed by atoms with E-state index in [1.165, 1.54) is 31.3 Å². The van der Waals surface area contributed by atoms with Gasteiger partial charge in [0, 0.05) is 17.8 Å². The van der Waals surface area contributed by atoms with E-state index < -0.39 is 41.6 Å². The van der Waals surface area contributed by atoms with Gasteiger partial charge in [-0.05, 0) is 43.7 Å². The van der Waals surface area contributed by atoms with Crippen molar-refractivity contribution in [2.75, 3.05) is 5.73 Å². The third kappa shape index (κ3) is 5.92. The Morgan fingerprint density at radius 1 is 1.32 bits per heavy atom. The number of carbonyl (C=O) groups is 1. The normalized spacial score (nSPS) is 13.5. The molecule has 0 aliphatic heterocycles. The van der Waals surface area contributed by atoms with Gasteiger partial charge in [0.1, 0.15) is 35.0 Å². The van der Waals surface area contributed by atoms with Gasteiger partial charge in [-0.15, -0.1) is 0 Å². The molecule has 38 heavy (non-hydrogen) atoms. The van der Waals surface area contributed by atoms with E-state index in [4.69, 9.17) is 22.7 Å². The fraction of sp³-hybridized carbons (Fsp3) is 0.208. The van der Waals surface area contributed by atoms with Gasteiger partial charge in [-0.3, -0.25) is 15.1 Å². The Bertz CT molecular complexity index is 1460. The summed E-state index contributed by atoms with van der Waals surface area (Å²) in [5.74, 6) is -3.25. The van der Waals surface area contributed by atoms with E-state index in [0.717, 1.165) is 25.1 Å². The number of nitrogen functional groups attached to an aromatic ring is 1. The first kappa shape index (κ1) is 28.1. The van der Waals surface area contributed by atoms with Gasteiger partial charge in [-0.2, -0.15) is 23.5 Å². The number of nitrogens with zero attached hydrogens (tertiary/aromatic N) is 4. The number of allylic oxidation sites excluding steroid dienone is 1. The largest absolute Gasteiger partial charge is 0.494 e. The predicted molar refractivity (Wildman–Crippen MR) is 131 cm³/mol. The molecule has 9 nitrogen and oxygen atoms in total. The Morgan fingerprint density at radius 2 is 2.00 bits per heavy atom. The molecule has 2 atom stereocenters. The third-order valence-electron chi connectivity index (χ3n) is 5.58. The Kier molecular flexibility index (Phi) is 8.07. The van der Waals surface area contributed by atoms with E-state index in [2.05, 4.69) is 15.4 Å². The Labute approximate surface area is 218 Å². The fourth-order valence-electron chi connectivity index (χ4n) is 3.32. The summed E-state index contributed by atoms with van der Waals surface area (Å²) in [4.78, 5) is 16.7. The monoisotopic (exact) mass is 549 g/mol. The molecule has 1 amide bonds. The molecule has 0 bridgehead atoms. The van der Waals surface area contributed by atoms with E-state index in [-0.39, 0.29) is 33.2 Å². The number of nitrogens with two attached hydrogens (primary N) is 1. The molecule has 3 rings (SSSR count). The van der Waals surface area contributed by atoms with Crippen molar-refractivity contribution in [3.8, 4) is 17.5 Å². The maximum atomic E-state index is 13.2. The zero-order chi connectivity index (χ0) is 28.4. The summed E-state index contributed by atoms with van der Waals surface area (Å²) in [5.41, 5.74) is 5.58. The van der Waals surface area contributed by atoms with Gasteiger partial charge in [0.15, 0.2) is 5.88 Å². The molecule has 1 aromatic carbocycles. The summed E-state index contributed by atoms with van der Waals surface area (Å²) in [5, 5.41) is 33.5. The molecule has 0 saturated heterocycles. The van der Waals surface area contributed by atoms with Crippen LogP contribution in [0.15, 0.2) is 48.5 Å². The molecule has 0 radical (unpaired) electrons. The van der Waals surface area contributed by atoms with Crippen LogP contribution in [0.3, 0.4) is 0 Å². The van der Waals surface area contributed by atoms with E-state index >= 15 is 0 Å². The molecule has 0 aliphatic carbocycles. The summed E-state index contributed by atoms with van der Waals surface area (Å²) in [7, 11) is 0. The summed E-state index contributed by atoms with van der Waals surface area (Å²) >= 11 is 5.90. The minimum absolute atomic E-state index is 0.0519. The molecule has 3 aromatic rings. The van der Waals surface area contributed by atoms with Crippen LogP contribution in [0.1, 0.15) is 42.5 Å². The van der Waals surface area contributed by atoms with E-state index in [1.54, 1.807) is 6.07 Å². The second-order valence-electron chi connectivity index (χ2n) is 8.14.